The molecule has 3 aromatic rings. The van der Waals surface area contributed by atoms with Gasteiger partial charge in [-0.25, -0.2) is 4.98 Å². The van der Waals surface area contributed by atoms with E-state index in [2.05, 4.69) is 36.7 Å². The summed E-state index contributed by atoms with van der Waals surface area (Å²) in [5.41, 5.74) is 5.71. The highest BCUT2D eigenvalue weighted by Crippen LogP contribution is 2.25. The van der Waals surface area contributed by atoms with E-state index >= 15 is 0 Å². The van der Waals surface area contributed by atoms with Crippen molar-refractivity contribution >= 4 is 6.08 Å². The topological polar surface area (TPSA) is 22.1 Å². The molecule has 2 aromatic carbocycles. The maximum Gasteiger partial charge on any atom is 0.213 e. The first-order valence-corrected chi connectivity index (χ1v) is 7.62. The monoisotopic (exact) mass is 301 g/mol. The number of aryl methyl sites for hydroxylation is 1. The van der Waals surface area contributed by atoms with Crippen LogP contribution >= 0.6 is 0 Å². The van der Waals surface area contributed by atoms with E-state index in [1.165, 1.54) is 11.1 Å². The average molecular weight is 301 g/mol. The van der Waals surface area contributed by atoms with Gasteiger partial charge in [0.2, 0.25) is 5.88 Å². The van der Waals surface area contributed by atoms with E-state index in [0.29, 0.717) is 12.5 Å². The molecule has 0 spiro atoms. The fourth-order valence-corrected chi connectivity index (χ4v) is 2.43. The standard InChI is InChI=1S/C21H19NO/c1-3-17-10-9-16(2)20(13-17)19-11-12-21(22-14-19)23-15-18-7-5-4-6-8-18/h3-14H,1,15H2,2H3. The zero-order valence-corrected chi connectivity index (χ0v) is 13.2. The Balaban J connectivity index is 1.76. The molecule has 0 saturated heterocycles. The number of hydrogen-bond acceptors (Lipinski definition) is 2. The minimum atomic E-state index is 0.526. The van der Waals surface area contributed by atoms with Gasteiger partial charge in [0, 0.05) is 17.8 Å². The second kappa shape index (κ2) is 6.93. The molecule has 0 fully saturated rings. The predicted molar refractivity (Wildman–Crippen MR) is 95.3 cm³/mol. The summed E-state index contributed by atoms with van der Waals surface area (Å²) < 4.78 is 5.73. The van der Waals surface area contributed by atoms with Gasteiger partial charge in [-0.2, -0.15) is 0 Å². The number of pyridine rings is 1. The molecule has 0 N–H and O–H groups in total. The van der Waals surface area contributed by atoms with Gasteiger partial charge in [-0.05, 0) is 41.3 Å². The molecule has 1 aromatic heterocycles. The Morgan fingerprint density at radius 3 is 2.57 bits per heavy atom. The zero-order chi connectivity index (χ0) is 16.1. The Bertz CT molecular complexity index is 792. The summed E-state index contributed by atoms with van der Waals surface area (Å²) in [6.45, 7) is 6.45. The van der Waals surface area contributed by atoms with E-state index in [1.54, 1.807) is 0 Å². The van der Waals surface area contributed by atoms with Crippen molar-refractivity contribution in [3.63, 3.8) is 0 Å². The third kappa shape index (κ3) is 3.67. The maximum atomic E-state index is 5.73. The highest BCUT2D eigenvalue weighted by Gasteiger charge is 2.04. The van der Waals surface area contributed by atoms with Gasteiger partial charge in [0.1, 0.15) is 6.61 Å². The fraction of sp³-hybridized carbons (Fsp3) is 0.0952. The Morgan fingerprint density at radius 1 is 1.04 bits per heavy atom. The molecule has 0 atom stereocenters. The minimum Gasteiger partial charge on any atom is -0.473 e. The van der Waals surface area contributed by atoms with Gasteiger partial charge in [0.15, 0.2) is 0 Å². The highest BCUT2D eigenvalue weighted by molar-refractivity contribution is 5.70. The van der Waals surface area contributed by atoms with Crippen LogP contribution in [0.3, 0.4) is 0 Å². The van der Waals surface area contributed by atoms with Crippen LogP contribution in [0, 0.1) is 6.92 Å². The second-order valence-corrected chi connectivity index (χ2v) is 5.44. The lowest BCUT2D eigenvalue weighted by atomic mass is 9.99. The van der Waals surface area contributed by atoms with Gasteiger partial charge in [-0.1, -0.05) is 55.1 Å². The fourth-order valence-electron chi connectivity index (χ4n) is 2.43. The second-order valence-electron chi connectivity index (χ2n) is 5.44. The van der Waals surface area contributed by atoms with Gasteiger partial charge in [-0.15, -0.1) is 0 Å². The molecule has 0 aliphatic heterocycles. The van der Waals surface area contributed by atoms with Crippen molar-refractivity contribution < 1.29 is 4.74 Å². The largest absolute Gasteiger partial charge is 0.473 e. The molecule has 2 heteroatoms. The van der Waals surface area contributed by atoms with Gasteiger partial charge < -0.3 is 4.74 Å². The summed E-state index contributed by atoms with van der Waals surface area (Å²) in [7, 11) is 0. The van der Waals surface area contributed by atoms with E-state index in [4.69, 9.17) is 4.74 Å². The molecule has 0 unspecified atom stereocenters. The number of hydrogen-bond donors (Lipinski definition) is 0. The van der Waals surface area contributed by atoms with E-state index in [-0.39, 0.29) is 0 Å². The summed E-state index contributed by atoms with van der Waals surface area (Å²) in [5.74, 6) is 0.634. The van der Waals surface area contributed by atoms with Crippen LogP contribution in [-0.4, -0.2) is 4.98 Å². The SMILES string of the molecule is C=Cc1ccc(C)c(-c2ccc(OCc3ccccc3)nc2)c1. The first-order valence-electron chi connectivity index (χ1n) is 7.62. The van der Waals surface area contributed by atoms with E-state index in [1.807, 2.05) is 54.7 Å². The molecule has 0 aliphatic carbocycles. The summed E-state index contributed by atoms with van der Waals surface area (Å²) in [4.78, 5) is 4.42. The molecular weight excluding hydrogens is 282 g/mol. The Hall–Kier alpha value is -2.87. The molecule has 0 aliphatic rings. The van der Waals surface area contributed by atoms with Crippen LogP contribution in [0.1, 0.15) is 16.7 Å². The van der Waals surface area contributed by atoms with Crippen LogP contribution in [-0.2, 0) is 6.61 Å². The number of nitrogens with zero attached hydrogens (tertiary/aromatic N) is 1. The summed E-state index contributed by atoms with van der Waals surface area (Å²) in [6, 6.07) is 20.3. The molecule has 1 heterocycles. The first kappa shape index (κ1) is 15.0. The molecule has 0 radical (unpaired) electrons. The summed E-state index contributed by atoms with van der Waals surface area (Å²) in [5, 5.41) is 0. The smallest absolute Gasteiger partial charge is 0.213 e. The molecule has 0 bridgehead atoms. The normalized spacial score (nSPS) is 10.3. The van der Waals surface area contributed by atoms with Crippen molar-refractivity contribution in [3.05, 3.63) is 90.1 Å². The van der Waals surface area contributed by atoms with Crippen LogP contribution < -0.4 is 4.74 Å². The van der Waals surface area contributed by atoms with Crippen molar-refractivity contribution in [2.75, 3.05) is 0 Å². The Morgan fingerprint density at radius 2 is 1.87 bits per heavy atom. The number of benzene rings is 2. The van der Waals surface area contributed by atoms with Crippen LogP contribution in [0.5, 0.6) is 5.88 Å². The molecule has 23 heavy (non-hydrogen) atoms. The molecular formula is C21H19NO. The third-order valence-corrected chi connectivity index (χ3v) is 3.77. The van der Waals surface area contributed by atoms with Gasteiger partial charge in [-0.3, -0.25) is 0 Å². The van der Waals surface area contributed by atoms with Crippen molar-refractivity contribution in [2.45, 2.75) is 13.5 Å². The van der Waals surface area contributed by atoms with E-state index in [9.17, 15) is 0 Å². The Labute approximate surface area is 137 Å². The molecule has 0 saturated carbocycles. The van der Waals surface area contributed by atoms with E-state index in [0.717, 1.165) is 16.7 Å². The van der Waals surface area contributed by atoms with Crippen molar-refractivity contribution in [3.8, 4) is 17.0 Å². The predicted octanol–water partition coefficient (Wildman–Crippen LogP) is 5.28. The Kier molecular flexibility index (Phi) is 4.53. The first-order chi connectivity index (χ1) is 11.3. The molecule has 114 valence electrons. The van der Waals surface area contributed by atoms with Crippen LogP contribution in [0.25, 0.3) is 17.2 Å². The van der Waals surface area contributed by atoms with Crippen LogP contribution in [0.2, 0.25) is 0 Å². The average Bonchev–Trinajstić information content (AvgIpc) is 2.62. The molecule has 2 nitrogen and oxygen atoms in total. The number of rotatable bonds is 5. The minimum absolute atomic E-state index is 0.526. The van der Waals surface area contributed by atoms with Gasteiger partial charge in [0.05, 0.1) is 0 Å². The lowest BCUT2D eigenvalue weighted by molar-refractivity contribution is 0.294. The lowest BCUT2D eigenvalue weighted by Gasteiger charge is -2.09. The molecule has 0 amide bonds. The summed E-state index contributed by atoms with van der Waals surface area (Å²) in [6.07, 6.45) is 3.71. The molecule has 3 rings (SSSR count). The van der Waals surface area contributed by atoms with Crippen molar-refractivity contribution in [1.82, 2.24) is 4.98 Å². The quantitative estimate of drug-likeness (QED) is 0.639. The highest BCUT2D eigenvalue weighted by atomic mass is 16.5. The summed E-state index contributed by atoms with van der Waals surface area (Å²) >= 11 is 0. The number of aromatic nitrogens is 1. The van der Waals surface area contributed by atoms with Crippen LogP contribution in [0.15, 0.2) is 73.4 Å². The zero-order valence-electron chi connectivity index (χ0n) is 13.2. The third-order valence-electron chi connectivity index (χ3n) is 3.77. The maximum absolute atomic E-state index is 5.73. The lowest BCUT2D eigenvalue weighted by Crippen LogP contribution is -1.97. The van der Waals surface area contributed by atoms with Gasteiger partial charge >= 0.3 is 0 Å². The number of ether oxygens (including phenoxy) is 1. The van der Waals surface area contributed by atoms with Crippen LogP contribution in [0.4, 0.5) is 0 Å². The van der Waals surface area contributed by atoms with Crippen molar-refractivity contribution in [2.24, 2.45) is 0 Å². The van der Waals surface area contributed by atoms with Gasteiger partial charge in [0.25, 0.3) is 0 Å². The van der Waals surface area contributed by atoms with Crippen molar-refractivity contribution in [1.29, 1.82) is 0 Å². The van der Waals surface area contributed by atoms with E-state index < -0.39 is 0 Å².